The topological polar surface area (TPSA) is 55.1 Å². The number of carbonyl (C=O) groups is 1. The predicted molar refractivity (Wildman–Crippen MR) is 80.8 cm³/mol. The van der Waals surface area contributed by atoms with E-state index in [-0.39, 0.29) is 11.6 Å². The fourth-order valence-corrected chi connectivity index (χ4v) is 2.87. The summed E-state index contributed by atoms with van der Waals surface area (Å²) >= 11 is 0. The average Bonchev–Trinajstić information content (AvgIpc) is 2.87. The van der Waals surface area contributed by atoms with Crippen LogP contribution in [0.5, 0.6) is 0 Å². The third kappa shape index (κ3) is 2.49. The quantitative estimate of drug-likeness (QED) is 0.908. The lowest BCUT2D eigenvalue weighted by atomic mass is 10.1. The number of nitrogens with two attached hydrogens (primary N) is 1. The third-order valence-electron chi connectivity index (χ3n) is 4.09. The van der Waals surface area contributed by atoms with Crippen LogP contribution in [0.1, 0.15) is 39.5 Å². The van der Waals surface area contributed by atoms with E-state index in [0.29, 0.717) is 11.3 Å². The smallest absolute Gasteiger partial charge is 0.248 e. The molecular weight excluding hydrogens is 267 g/mol. The Morgan fingerprint density at radius 1 is 1.33 bits per heavy atom. The van der Waals surface area contributed by atoms with Gasteiger partial charge >= 0.3 is 0 Å². The second-order valence-corrected chi connectivity index (χ2v) is 5.43. The van der Waals surface area contributed by atoms with Crippen molar-refractivity contribution in [2.45, 2.75) is 25.8 Å². The van der Waals surface area contributed by atoms with E-state index in [4.69, 9.17) is 5.73 Å². The molecule has 0 fully saturated rings. The number of carbonyl (C=O) groups excluding carboxylic acids is 1. The number of halogens is 1. The molecule has 0 aromatic heterocycles. The van der Waals surface area contributed by atoms with Gasteiger partial charge in [-0.05, 0) is 43.0 Å². The summed E-state index contributed by atoms with van der Waals surface area (Å²) in [5.74, 6) is -1.04. The fourth-order valence-electron chi connectivity index (χ4n) is 2.87. The summed E-state index contributed by atoms with van der Waals surface area (Å²) in [4.78, 5) is 11.3. The Bertz CT molecular complexity index is 712. The molecule has 1 unspecified atom stereocenters. The van der Waals surface area contributed by atoms with Crippen molar-refractivity contribution in [3.63, 3.8) is 0 Å². The second kappa shape index (κ2) is 5.20. The molecule has 0 spiro atoms. The van der Waals surface area contributed by atoms with Gasteiger partial charge in [-0.25, -0.2) is 4.39 Å². The van der Waals surface area contributed by atoms with Crippen molar-refractivity contribution in [1.82, 2.24) is 0 Å². The number of nitrogens with one attached hydrogen (secondary N) is 1. The first kappa shape index (κ1) is 13.6. The molecule has 3 N–H and O–H groups in total. The molecule has 0 radical (unpaired) electrons. The SMILES string of the molecule is Cc1c(F)cc(C(N)=O)cc1NC1CCc2ccccc21. The summed E-state index contributed by atoms with van der Waals surface area (Å²) in [6.45, 7) is 1.70. The Labute approximate surface area is 123 Å². The van der Waals surface area contributed by atoms with Gasteiger partial charge in [-0.15, -0.1) is 0 Å². The van der Waals surface area contributed by atoms with Crippen LogP contribution in [0, 0.1) is 12.7 Å². The van der Waals surface area contributed by atoms with Gasteiger partial charge in [-0.3, -0.25) is 4.79 Å². The van der Waals surface area contributed by atoms with E-state index in [9.17, 15) is 9.18 Å². The maximum Gasteiger partial charge on any atom is 0.248 e. The normalized spacial score (nSPS) is 16.6. The van der Waals surface area contributed by atoms with E-state index in [0.717, 1.165) is 12.8 Å². The summed E-state index contributed by atoms with van der Waals surface area (Å²) in [7, 11) is 0. The molecule has 1 atom stereocenters. The second-order valence-electron chi connectivity index (χ2n) is 5.43. The van der Waals surface area contributed by atoms with Gasteiger partial charge in [0.1, 0.15) is 5.82 Å². The van der Waals surface area contributed by atoms with Crippen LogP contribution in [-0.2, 0) is 6.42 Å². The van der Waals surface area contributed by atoms with Crippen LogP contribution >= 0.6 is 0 Å². The van der Waals surface area contributed by atoms with E-state index in [2.05, 4.69) is 17.4 Å². The van der Waals surface area contributed by atoms with Crippen molar-refractivity contribution in [3.05, 3.63) is 64.5 Å². The summed E-state index contributed by atoms with van der Waals surface area (Å²) in [5, 5.41) is 3.35. The van der Waals surface area contributed by atoms with Gasteiger partial charge in [-0.2, -0.15) is 0 Å². The number of primary amides is 1. The Morgan fingerprint density at radius 2 is 2.10 bits per heavy atom. The van der Waals surface area contributed by atoms with E-state index >= 15 is 0 Å². The van der Waals surface area contributed by atoms with Gasteiger partial charge in [-0.1, -0.05) is 24.3 Å². The van der Waals surface area contributed by atoms with E-state index < -0.39 is 11.7 Å². The minimum atomic E-state index is -0.622. The summed E-state index contributed by atoms with van der Waals surface area (Å²) in [5.41, 5.74) is 9.13. The van der Waals surface area contributed by atoms with E-state index in [1.165, 1.54) is 17.2 Å². The molecule has 0 aliphatic heterocycles. The van der Waals surface area contributed by atoms with Crippen molar-refractivity contribution in [1.29, 1.82) is 0 Å². The number of fused-ring (bicyclic) bond motifs is 1. The molecule has 2 aromatic carbocycles. The minimum absolute atomic E-state index is 0.141. The third-order valence-corrected chi connectivity index (χ3v) is 4.09. The lowest BCUT2D eigenvalue weighted by molar-refractivity contribution is 0.1000. The summed E-state index contributed by atoms with van der Waals surface area (Å²) in [6, 6.07) is 11.2. The van der Waals surface area contributed by atoms with Crippen LogP contribution in [0.2, 0.25) is 0 Å². The number of hydrogen-bond acceptors (Lipinski definition) is 2. The first-order chi connectivity index (χ1) is 10.1. The Kier molecular flexibility index (Phi) is 3.37. The number of aryl methyl sites for hydroxylation is 1. The average molecular weight is 284 g/mol. The van der Waals surface area contributed by atoms with Gasteiger partial charge < -0.3 is 11.1 Å². The lowest BCUT2D eigenvalue weighted by Gasteiger charge is -2.18. The molecule has 21 heavy (non-hydrogen) atoms. The summed E-state index contributed by atoms with van der Waals surface area (Å²) in [6.07, 6.45) is 1.96. The molecule has 0 bridgehead atoms. The molecule has 0 saturated heterocycles. The molecule has 4 heteroatoms. The zero-order valence-corrected chi connectivity index (χ0v) is 11.8. The number of benzene rings is 2. The lowest BCUT2D eigenvalue weighted by Crippen LogP contribution is -2.14. The van der Waals surface area contributed by atoms with Gasteiger partial charge in [0, 0.05) is 16.8 Å². The number of amides is 1. The van der Waals surface area contributed by atoms with E-state index in [1.54, 1.807) is 13.0 Å². The maximum absolute atomic E-state index is 13.9. The van der Waals surface area contributed by atoms with Crippen molar-refractivity contribution in [3.8, 4) is 0 Å². The molecule has 1 aliphatic rings. The zero-order valence-electron chi connectivity index (χ0n) is 11.8. The molecule has 1 aliphatic carbocycles. The van der Waals surface area contributed by atoms with Crippen LogP contribution in [-0.4, -0.2) is 5.91 Å². The molecule has 3 nitrogen and oxygen atoms in total. The van der Waals surface area contributed by atoms with Crippen LogP contribution in [0.3, 0.4) is 0 Å². The van der Waals surface area contributed by atoms with Crippen LogP contribution in [0.4, 0.5) is 10.1 Å². The van der Waals surface area contributed by atoms with Gasteiger partial charge in [0.25, 0.3) is 0 Å². The highest BCUT2D eigenvalue weighted by atomic mass is 19.1. The Balaban J connectivity index is 1.94. The fraction of sp³-hybridized carbons (Fsp3) is 0.235. The van der Waals surface area contributed by atoms with E-state index in [1.807, 2.05) is 12.1 Å². The highest BCUT2D eigenvalue weighted by Gasteiger charge is 2.23. The number of hydrogen-bond donors (Lipinski definition) is 2. The zero-order chi connectivity index (χ0) is 15.0. The molecule has 108 valence electrons. The molecular formula is C17H17FN2O. The van der Waals surface area contributed by atoms with Crippen LogP contribution in [0.15, 0.2) is 36.4 Å². The summed E-state index contributed by atoms with van der Waals surface area (Å²) < 4.78 is 13.9. The van der Waals surface area contributed by atoms with Crippen molar-refractivity contribution < 1.29 is 9.18 Å². The Morgan fingerprint density at radius 3 is 2.86 bits per heavy atom. The molecule has 3 rings (SSSR count). The number of anilines is 1. The number of rotatable bonds is 3. The molecule has 1 amide bonds. The maximum atomic E-state index is 13.9. The largest absolute Gasteiger partial charge is 0.378 e. The highest BCUT2D eigenvalue weighted by molar-refractivity contribution is 5.94. The Hall–Kier alpha value is -2.36. The van der Waals surface area contributed by atoms with Crippen LogP contribution < -0.4 is 11.1 Å². The first-order valence-electron chi connectivity index (χ1n) is 7.00. The molecule has 0 saturated carbocycles. The minimum Gasteiger partial charge on any atom is -0.378 e. The molecule has 2 aromatic rings. The van der Waals surface area contributed by atoms with Gasteiger partial charge in [0.05, 0.1) is 6.04 Å². The van der Waals surface area contributed by atoms with Crippen LogP contribution in [0.25, 0.3) is 0 Å². The van der Waals surface area contributed by atoms with Crippen molar-refractivity contribution in [2.24, 2.45) is 5.73 Å². The van der Waals surface area contributed by atoms with Gasteiger partial charge in [0.2, 0.25) is 5.91 Å². The first-order valence-corrected chi connectivity index (χ1v) is 7.00. The standard InChI is InChI=1S/C17H17FN2O/c1-10-14(18)8-12(17(19)21)9-16(10)20-15-7-6-11-4-2-3-5-13(11)15/h2-5,8-9,15,20H,6-7H2,1H3,(H2,19,21). The molecule has 0 heterocycles. The van der Waals surface area contributed by atoms with Gasteiger partial charge in [0.15, 0.2) is 0 Å². The van der Waals surface area contributed by atoms with Crippen molar-refractivity contribution in [2.75, 3.05) is 5.32 Å². The highest BCUT2D eigenvalue weighted by Crippen LogP contribution is 2.35. The van der Waals surface area contributed by atoms with Crippen molar-refractivity contribution >= 4 is 11.6 Å². The monoisotopic (exact) mass is 284 g/mol. The predicted octanol–water partition coefficient (Wildman–Crippen LogP) is 3.33.